The lowest BCUT2D eigenvalue weighted by molar-refractivity contribution is 0.0777. The Balaban J connectivity index is 1.29. The number of benzene rings is 1. The second kappa shape index (κ2) is 7.82. The second-order valence-corrected chi connectivity index (χ2v) is 7.88. The van der Waals surface area contributed by atoms with E-state index in [1.165, 1.54) is 0 Å². The number of hydrogen-bond donors (Lipinski definition) is 1. The standard InChI is InChI=1S/C22H22N6O3/c1-31-17-7-5-16(6-8-17)24-21(29)20-26-25-19-10-14-11-27(12-15(14)13-28(19)20)22(30)18-4-2-3-9-23-18/h2-9,14-15H,10-13H2,1H3,(H,24,29). The molecule has 4 heterocycles. The number of pyridine rings is 1. The van der Waals surface area contributed by atoms with Gasteiger partial charge in [-0.2, -0.15) is 0 Å². The van der Waals surface area contributed by atoms with Crippen LogP contribution in [-0.2, 0) is 13.0 Å². The van der Waals surface area contributed by atoms with Crippen LogP contribution in [0.15, 0.2) is 48.7 Å². The SMILES string of the molecule is COc1ccc(NC(=O)c2nnc3n2CC2CN(C(=O)c4ccccn4)CC2C3)cc1. The first-order valence-electron chi connectivity index (χ1n) is 10.2. The Morgan fingerprint density at radius 3 is 2.58 bits per heavy atom. The zero-order valence-corrected chi connectivity index (χ0v) is 17.1. The molecule has 2 aromatic heterocycles. The maximum atomic E-state index is 12.8. The van der Waals surface area contributed by atoms with Gasteiger partial charge in [0, 0.05) is 37.9 Å². The molecule has 31 heavy (non-hydrogen) atoms. The molecular weight excluding hydrogens is 396 g/mol. The van der Waals surface area contributed by atoms with Crippen molar-refractivity contribution in [2.24, 2.45) is 11.8 Å². The summed E-state index contributed by atoms with van der Waals surface area (Å²) in [6, 6.07) is 12.5. The Hall–Kier alpha value is -3.75. The molecule has 2 amide bonds. The molecule has 158 valence electrons. The van der Waals surface area contributed by atoms with Gasteiger partial charge in [0.05, 0.1) is 7.11 Å². The summed E-state index contributed by atoms with van der Waals surface area (Å²) < 4.78 is 7.03. The lowest BCUT2D eigenvalue weighted by Crippen LogP contribution is -2.31. The van der Waals surface area contributed by atoms with Gasteiger partial charge in [0.1, 0.15) is 17.3 Å². The molecule has 0 bridgehead atoms. The normalized spacial score (nSPS) is 19.5. The van der Waals surface area contributed by atoms with Gasteiger partial charge in [-0.15, -0.1) is 10.2 Å². The minimum atomic E-state index is -0.304. The van der Waals surface area contributed by atoms with Gasteiger partial charge in [0.25, 0.3) is 11.8 Å². The summed E-state index contributed by atoms with van der Waals surface area (Å²) in [7, 11) is 1.59. The number of anilines is 1. The van der Waals surface area contributed by atoms with E-state index >= 15 is 0 Å². The fourth-order valence-corrected chi connectivity index (χ4v) is 4.37. The molecule has 2 unspecified atom stereocenters. The summed E-state index contributed by atoms with van der Waals surface area (Å²) in [4.78, 5) is 31.6. The molecule has 3 aromatic rings. The number of amides is 2. The highest BCUT2D eigenvalue weighted by molar-refractivity contribution is 6.01. The van der Waals surface area contributed by atoms with E-state index in [4.69, 9.17) is 4.74 Å². The Morgan fingerprint density at radius 2 is 1.84 bits per heavy atom. The summed E-state index contributed by atoms with van der Waals surface area (Å²) in [6.45, 7) is 1.92. The maximum absolute atomic E-state index is 12.8. The second-order valence-electron chi connectivity index (χ2n) is 7.88. The Labute approximate surface area is 179 Å². The minimum absolute atomic E-state index is 0.0526. The number of rotatable bonds is 4. The van der Waals surface area contributed by atoms with E-state index in [1.807, 2.05) is 15.5 Å². The Kier molecular flexibility index (Phi) is 4.85. The van der Waals surface area contributed by atoms with Crippen LogP contribution in [0.4, 0.5) is 5.69 Å². The van der Waals surface area contributed by atoms with Crippen molar-refractivity contribution < 1.29 is 14.3 Å². The lowest BCUT2D eigenvalue weighted by Gasteiger charge is -2.25. The first kappa shape index (κ1) is 19.2. The quantitative estimate of drug-likeness (QED) is 0.694. The number of hydrogen-bond acceptors (Lipinski definition) is 6. The van der Waals surface area contributed by atoms with Crippen molar-refractivity contribution in [3.05, 3.63) is 66.0 Å². The average molecular weight is 418 g/mol. The lowest BCUT2D eigenvalue weighted by atomic mass is 9.89. The third kappa shape index (κ3) is 3.63. The third-order valence-electron chi connectivity index (χ3n) is 5.99. The van der Waals surface area contributed by atoms with Crippen molar-refractivity contribution in [3.63, 3.8) is 0 Å². The molecule has 1 fully saturated rings. The van der Waals surface area contributed by atoms with Gasteiger partial charge < -0.3 is 19.5 Å². The average Bonchev–Trinajstić information content (AvgIpc) is 3.41. The zero-order valence-electron chi connectivity index (χ0n) is 17.1. The van der Waals surface area contributed by atoms with Crippen LogP contribution in [0.2, 0.25) is 0 Å². The summed E-state index contributed by atoms with van der Waals surface area (Å²) in [6.07, 6.45) is 2.32. The topological polar surface area (TPSA) is 102 Å². The Bertz CT molecular complexity index is 1110. The van der Waals surface area contributed by atoms with E-state index in [9.17, 15) is 9.59 Å². The molecule has 1 saturated heterocycles. The largest absolute Gasteiger partial charge is 0.497 e. The van der Waals surface area contributed by atoms with Crippen molar-refractivity contribution in [1.29, 1.82) is 0 Å². The van der Waals surface area contributed by atoms with Gasteiger partial charge in [0.15, 0.2) is 0 Å². The smallest absolute Gasteiger partial charge is 0.293 e. The third-order valence-corrected chi connectivity index (χ3v) is 5.99. The number of nitrogens with zero attached hydrogens (tertiary/aromatic N) is 5. The van der Waals surface area contributed by atoms with Crippen LogP contribution in [0.5, 0.6) is 5.75 Å². The molecule has 2 aliphatic heterocycles. The molecule has 1 N–H and O–H groups in total. The molecule has 9 heteroatoms. The number of carbonyl (C=O) groups excluding carboxylic acids is 2. The van der Waals surface area contributed by atoms with Crippen molar-refractivity contribution >= 4 is 17.5 Å². The van der Waals surface area contributed by atoms with E-state index in [0.717, 1.165) is 11.6 Å². The highest BCUT2D eigenvalue weighted by Crippen LogP contribution is 2.33. The van der Waals surface area contributed by atoms with Crippen LogP contribution in [-0.4, -0.2) is 56.7 Å². The van der Waals surface area contributed by atoms with Crippen molar-refractivity contribution in [2.75, 3.05) is 25.5 Å². The first-order chi connectivity index (χ1) is 15.1. The zero-order chi connectivity index (χ0) is 21.4. The molecule has 0 spiro atoms. The predicted octanol–water partition coefficient (Wildman–Crippen LogP) is 1.88. The maximum Gasteiger partial charge on any atom is 0.293 e. The monoisotopic (exact) mass is 418 g/mol. The number of methoxy groups -OCH3 is 1. The van der Waals surface area contributed by atoms with Crippen molar-refractivity contribution in [2.45, 2.75) is 13.0 Å². The molecule has 0 radical (unpaired) electrons. The van der Waals surface area contributed by atoms with Crippen LogP contribution < -0.4 is 10.1 Å². The van der Waals surface area contributed by atoms with E-state index in [0.29, 0.717) is 49.2 Å². The molecule has 0 saturated carbocycles. The van der Waals surface area contributed by atoms with Crippen molar-refractivity contribution in [3.8, 4) is 5.75 Å². The summed E-state index contributed by atoms with van der Waals surface area (Å²) in [5, 5.41) is 11.3. The number of aromatic nitrogens is 4. The fraction of sp³-hybridized carbons (Fsp3) is 0.318. The van der Waals surface area contributed by atoms with Crippen molar-refractivity contribution in [1.82, 2.24) is 24.6 Å². The van der Waals surface area contributed by atoms with Crippen LogP contribution in [0.1, 0.15) is 26.9 Å². The van der Waals surface area contributed by atoms with E-state index in [2.05, 4.69) is 20.5 Å². The molecule has 2 aliphatic rings. The van der Waals surface area contributed by atoms with Crippen LogP contribution in [0, 0.1) is 11.8 Å². The number of carbonyl (C=O) groups is 2. The van der Waals surface area contributed by atoms with Crippen LogP contribution in [0.3, 0.4) is 0 Å². The highest BCUT2D eigenvalue weighted by atomic mass is 16.5. The van der Waals surface area contributed by atoms with Crippen LogP contribution in [0.25, 0.3) is 0 Å². The van der Waals surface area contributed by atoms with E-state index < -0.39 is 0 Å². The van der Waals surface area contributed by atoms with Gasteiger partial charge >= 0.3 is 0 Å². The summed E-state index contributed by atoms with van der Waals surface area (Å²) >= 11 is 0. The van der Waals surface area contributed by atoms with E-state index in [-0.39, 0.29) is 17.7 Å². The first-order valence-corrected chi connectivity index (χ1v) is 10.2. The summed E-state index contributed by atoms with van der Waals surface area (Å²) in [5.41, 5.74) is 1.12. The van der Waals surface area contributed by atoms with E-state index in [1.54, 1.807) is 49.7 Å². The molecule has 0 aliphatic carbocycles. The van der Waals surface area contributed by atoms with Gasteiger partial charge in [-0.1, -0.05) is 6.07 Å². The fourth-order valence-electron chi connectivity index (χ4n) is 4.37. The molecule has 2 atom stereocenters. The number of ether oxygens (including phenoxy) is 1. The van der Waals surface area contributed by atoms with Gasteiger partial charge in [-0.3, -0.25) is 14.6 Å². The number of likely N-dealkylation sites (tertiary alicyclic amines) is 1. The van der Waals surface area contributed by atoms with Gasteiger partial charge in [-0.25, -0.2) is 0 Å². The minimum Gasteiger partial charge on any atom is -0.497 e. The van der Waals surface area contributed by atoms with Gasteiger partial charge in [0.2, 0.25) is 5.82 Å². The molecular formula is C22H22N6O3. The Morgan fingerprint density at radius 1 is 1.03 bits per heavy atom. The number of nitrogens with one attached hydrogen (secondary N) is 1. The molecule has 9 nitrogen and oxygen atoms in total. The highest BCUT2D eigenvalue weighted by Gasteiger charge is 2.41. The predicted molar refractivity (Wildman–Crippen MR) is 112 cm³/mol. The van der Waals surface area contributed by atoms with Crippen LogP contribution >= 0.6 is 0 Å². The number of fused-ring (bicyclic) bond motifs is 2. The molecule has 1 aromatic carbocycles. The molecule has 5 rings (SSSR count). The van der Waals surface area contributed by atoms with Gasteiger partial charge in [-0.05, 0) is 48.2 Å². The summed E-state index contributed by atoms with van der Waals surface area (Å²) in [5.74, 6) is 2.00.